The number of hydrogen-bond donors (Lipinski definition) is 1. The first-order valence-electron chi connectivity index (χ1n) is 7.77. The third-order valence-corrected chi connectivity index (χ3v) is 5.87. The van der Waals surface area contributed by atoms with Gasteiger partial charge in [0.2, 0.25) is 5.16 Å². The van der Waals surface area contributed by atoms with Gasteiger partial charge in [-0.05, 0) is 36.2 Å². The lowest BCUT2D eigenvalue weighted by Gasteiger charge is -2.00. The van der Waals surface area contributed by atoms with Gasteiger partial charge in [0, 0.05) is 27.0 Å². The Hall–Kier alpha value is -1.43. The zero-order chi connectivity index (χ0) is 16.8. The van der Waals surface area contributed by atoms with Gasteiger partial charge in [-0.25, -0.2) is 4.98 Å². The number of aromatic nitrogens is 3. The first-order chi connectivity index (χ1) is 11.7. The van der Waals surface area contributed by atoms with Gasteiger partial charge < -0.3 is 0 Å². The van der Waals surface area contributed by atoms with Crippen molar-refractivity contribution in [2.24, 2.45) is 0 Å². The highest BCUT2D eigenvalue weighted by atomic mass is 35.5. The van der Waals surface area contributed by atoms with Crippen LogP contribution in [0.2, 0.25) is 5.02 Å². The number of aryl methyl sites for hydroxylation is 1. The van der Waals surface area contributed by atoms with Crippen molar-refractivity contribution >= 4 is 35.1 Å². The molecule has 3 rings (SSSR count). The topological polar surface area (TPSA) is 41.6 Å². The first-order valence-corrected chi connectivity index (χ1v) is 10.1. The van der Waals surface area contributed by atoms with E-state index in [1.165, 1.54) is 10.5 Å². The predicted molar refractivity (Wildman–Crippen MR) is 104 cm³/mol. The van der Waals surface area contributed by atoms with Crippen LogP contribution in [0.1, 0.15) is 12.5 Å². The number of nitrogens with zero attached hydrogens (tertiary/aromatic N) is 2. The van der Waals surface area contributed by atoms with Gasteiger partial charge >= 0.3 is 0 Å². The monoisotopic (exact) mass is 375 g/mol. The number of H-pyrrole nitrogens is 1. The molecule has 1 aromatic heterocycles. The summed E-state index contributed by atoms with van der Waals surface area (Å²) in [6.45, 7) is 2.15. The van der Waals surface area contributed by atoms with Gasteiger partial charge in [-0.15, -0.1) is 16.9 Å². The second-order valence-corrected chi connectivity index (χ2v) is 7.83. The van der Waals surface area contributed by atoms with Crippen LogP contribution in [0.15, 0.2) is 58.6 Å². The fourth-order valence-corrected chi connectivity index (χ4v) is 3.97. The molecule has 0 amide bonds. The molecule has 0 unspecified atom stereocenters. The Balaban J connectivity index is 1.49. The van der Waals surface area contributed by atoms with Crippen molar-refractivity contribution in [3.8, 4) is 11.4 Å². The minimum Gasteiger partial charge on any atom is -0.258 e. The first kappa shape index (κ1) is 17.4. The van der Waals surface area contributed by atoms with Crippen molar-refractivity contribution in [2.75, 3.05) is 11.5 Å². The molecule has 6 heteroatoms. The number of aromatic amines is 1. The summed E-state index contributed by atoms with van der Waals surface area (Å²) >= 11 is 9.37. The van der Waals surface area contributed by atoms with Crippen molar-refractivity contribution in [2.45, 2.75) is 23.4 Å². The van der Waals surface area contributed by atoms with E-state index in [-0.39, 0.29) is 0 Å². The SMILES string of the molecule is CCc1ccc(-c2nc(SCCSc3ccc(Cl)cc3)n[nH]2)cc1. The Labute approximate surface area is 155 Å². The van der Waals surface area contributed by atoms with E-state index in [0.717, 1.165) is 39.5 Å². The molecule has 0 spiro atoms. The number of thioether (sulfide) groups is 2. The number of rotatable bonds is 7. The van der Waals surface area contributed by atoms with Crippen LogP contribution in [-0.2, 0) is 6.42 Å². The number of halogens is 1. The van der Waals surface area contributed by atoms with E-state index in [9.17, 15) is 0 Å². The van der Waals surface area contributed by atoms with Crippen molar-refractivity contribution in [3.63, 3.8) is 0 Å². The number of hydrogen-bond acceptors (Lipinski definition) is 4. The van der Waals surface area contributed by atoms with E-state index < -0.39 is 0 Å². The van der Waals surface area contributed by atoms with Crippen LogP contribution in [0.4, 0.5) is 0 Å². The molecule has 3 aromatic rings. The summed E-state index contributed by atoms with van der Waals surface area (Å²) in [6.07, 6.45) is 1.04. The zero-order valence-electron chi connectivity index (χ0n) is 13.3. The summed E-state index contributed by atoms with van der Waals surface area (Å²) in [4.78, 5) is 5.79. The molecular weight excluding hydrogens is 358 g/mol. The lowest BCUT2D eigenvalue weighted by atomic mass is 10.1. The number of nitrogens with one attached hydrogen (secondary N) is 1. The van der Waals surface area contributed by atoms with Gasteiger partial charge in [-0.2, -0.15) is 0 Å². The highest BCUT2D eigenvalue weighted by Crippen LogP contribution is 2.24. The third kappa shape index (κ3) is 4.79. The fraction of sp³-hybridized carbons (Fsp3) is 0.222. The molecule has 0 bridgehead atoms. The molecule has 0 fully saturated rings. The summed E-state index contributed by atoms with van der Waals surface area (Å²) in [5.74, 6) is 2.78. The smallest absolute Gasteiger partial charge is 0.208 e. The maximum Gasteiger partial charge on any atom is 0.208 e. The second-order valence-electron chi connectivity index (χ2n) is 5.17. The zero-order valence-corrected chi connectivity index (χ0v) is 15.7. The van der Waals surface area contributed by atoms with Crippen LogP contribution in [0, 0.1) is 0 Å². The maximum absolute atomic E-state index is 5.89. The molecule has 0 aliphatic heterocycles. The Morgan fingerprint density at radius 3 is 2.38 bits per heavy atom. The van der Waals surface area contributed by atoms with E-state index in [1.807, 2.05) is 36.0 Å². The average molecular weight is 376 g/mol. The van der Waals surface area contributed by atoms with Gasteiger partial charge in [0.05, 0.1) is 0 Å². The Bertz CT molecular complexity index is 770. The molecule has 0 atom stereocenters. The lowest BCUT2D eigenvalue weighted by molar-refractivity contribution is 0.974. The minimum absolute atomic E-state index is 0.772. The summed E-state index contributed by atoms with van der Waals surface area (Å²) in [6, 6.07) is 16.4. The van der Waals surface area contributed by atoms with Gasteiger partial charge in [0.25, 0.3) is 0 Å². The Morgan fingerprint density at radius 1 is 0.958 bits per heavy atom. The van der Waals surface area contributed by atoms with Crippen molar-refractivity contribution in [3.05, 3.63) is 59.1 Å². The second kappa shape index (κ2) is 8.60. The van der Waals surface area contributed by atoms with E-state index in [0.29, 0.717) is 0 Å². The molecule has 0 aliphatic rings. The molecule has 24 heavy (non-hydrogen) atoms. The third-order valence-electron chi connectivity index (χ3n) is 3.50. The van der Waals surface area contributed by atoms with Gasteiger partial charge in [-0.1, -0.05) is 54.6 Å². The number of benzene rings is 2. The highest BCUT2D eigenvalue weighted by molar-refractivity contribution is 8.02. The molecule has 3 nitrogen and oxygen atoms in total. The molecule has 124 valence electrons. The van der Waals surface area contributed by atoms with Gasteiger partial charge in [0.15, 0.2) is 5.82 Å². The van der Waals surface area contributed by atoms with Crippen LogP contribution in [-0.4, -0.2) is 26.7 Å². The maximum atomic E-state index is 5.89. The molecule has 0 saturated carbocycles. The molecule has 2 aromatic carbocycles. The Morgan fingerprint density at radius 2 is 1.67 bits per heavy atom. The van der Waals surface area contributed by atoms with Crippen LogP contribution < -0.4 is 0 Å². The van der Waals surface area contributed by atoms with Gasteiger partial charge in [-0.3, -0.25) is 5.10 Å². The summed E-state index contributed by atoms with van der Waals surface area (Å²) in [5, 5.41) is 8.88. The van der Waals surface area contributed by atoms with Crippen LogP contribution in [0.3, 0.4) is 0 Å². The molecule has 1 N–H and O–H groups in total. The van der Waals surface area contributed by atoms with Gasteiger partial charge in [0.1, 0.15) is 0 Å². The van der Waals surface area contributed by atoms with Crippen molar-refractivity contribution < 1.29 is 0 Å². The largest absolute Gasteiger partial charge is 0.258 e. The van der Waals surface area contributed by atoms with E-state index in [4.69, 9.17) is 11.6 Å². The molecule has 0 radical (unpaired) electrons. The van der Waals surface area contributed by atoms with Crippen LogP contribution in [0.5, 0.6) is 0 Å². The predicted octanol–water partition coefficient (Wildman–Crippen LogP) is 5.57. The van der Waals surface area contributed by atoms with E-state index >= 15 is 0 Å². The van der Waals surface area contributed by atoms with Crippen molar-refractivity contribution in [1.82, 2.24) is 15.2 Å². The minimum atomic E-state index is 0.772. The molecule has 0 saturated heterocycles. The summed E-state index contributed by atoms with van der Waals surface area (Å²) < 4.78 is 0. The lowest BCUT2D eigenvalue weighted by Crippen LogP contribution is -1.86. The highest BCUT2D eigenvalue weighted by Gasteiger charge is 2.06. The molecular formula is C18H18ClN3S2. The normalized spacial score (nSPS) is 10.9. The molecule has 0 aliphatic carbocycles. The molecule has 1 heterocycles. The standard InChI is InChI=1S/C18H18ClN3S2/c1-2-13-3-5-14(6-4-13)17-20-18(22-21-17)24-12-11-23-16-9-7-15(19)8-10-16/h3-10H,2,11-12H2,1H3,(H,20,21,22). The fourth-order valence-electron chi connectivity index (χ4n) is 2.16. The van der Waals surface area contributed by atoms with Crippen molar-refractivity contribution in [1.29, 1.82) is 0 Å². The summed E-state index contributed by atoms with van der Waals surface area (Å²) in [5.41, 5.74) is 2.40. The average Bonchev–Trinajstić information content (AvgIpc) is 3.09. The van der Waals surface area contributed by atoms with E-state index in [1.54, 1.807) is 11.8 Å². The Kier molecular flexibility index (Phi) is 6.24. The van der Waals surface area contributed by atoms with Crippen LogP contribution in [0.25, 0.3) is 11.4 Å². The van der Waals surface area contributed by atoms with Crippen LogP contribution >= 0.6 is 35.1 Å². The summed E-state index contributed by atoms with van der Waals surface area (Å²) in [7, 11) is 0. The van der Waals surface area contributed by atoms with E-state index in [2.05, 4.69) is 46.4 Å². The quantitative estimate of drug-likeness (QED) is 0.432.